The molecule has 3 rings (SSSR count). The molecule has 0 fully saturated rings. The van der Waals surface area contributed by atoms with Gasteiger partial charge in [-0.1, -0.05) is 0 Å². The van der Waals surface area contributed by atoms with Gasteiger partial charge in [0.15, 0.2) is 11.2 Å². The number of aromatic nitrogens is 4. The number of nitrogens with zero attached hydrogens (tertiary/aromatic N) is 3. The molecule has 33 heavy (non-hydrogen) atoms. The van der Waals surface area contributed by atoms with Crippen LogP contribution in [0, 0.1) is 0 Å². The van der Waals surface area contributed by atoms with Gasteiger partial charge in [0.05, 0.1) is 24.9 Å². The van der Waals surface area contributed by atoms with E-state index < -0.39 is 42.0 Å². The van der Waals surface area contributed by atoms with Crippen LogP contribution < -0.4 is 21.9 Å². The van der Waals surface area contributed by atoms with E-state index in [1.54, 1.807) is 5.32 Å². The van der Waals surface area contributed by atoms with Gasteiger partial charge in [0.1, 0.15) is 0 Å². The van der Waals surface area contributed by atoms with Crippen LogP contribution >= 0.6 is 0 Å². The molecule has 0 aliphatic rings. The third kappa shape index (κ3) is 5.55. The number of fused-ring (bicyclic) bond motifs is 1. The summed E-state index contributed by atoms with van der Waals surface area (Å²) < 4.78 is 14.5. The second-order valence-electron chi connectivity index (χ2n) is 6.87. The van der Waals surface area contributed by atoms with E-state index in [1.165, 1.54) is 30.5 Å². The Morgan fingerprint density at radius 1 is 1.15 bits per heavy atom. The van der Waals surface area contributed by atoms with E-state index in [4.69, 9.17) is 15.9 Å². The average Bonchev–Trinajstić information content (AvgIpc) is 2.76. The number of hydrogen-bond donors (Lipinski definition) is 6. The number of carbonyl (C=O) groups excluding carboxylic acids is 1. The van der Waals surface area contributed by atoms with Crippen molar-refractivity contribution in [2.24, 2.45) is 0 Å². The third-order valence-corrected chi connectivity index (χ3v) is 4.44. The van der Waals surface area contributed by atoms with E-state index in [0.717, 1.165) is 0 Å². The molecule has 2 heterocycles. The van der Waals surface area contributed by atoms with Gasteiger partial charge in [0, 0.05) is 17.7 Å². The maximum atomic E-state index is 14.5. The lowest BCUT2D eigenvalue weighted by atomic mass is 10.1. The molecule has 0 saturated carbocycles. The fourth-order valence-electron chi connectivity index (χ4n) is 2.74. The van der Waals surface area contributed by atoms with Crippen molar-refractivity contribution in [1.82, 2.24) is 25.3 Å². The van der Waals surface area contributed by atoms with Gasteiger partial charge in [-0.15, -0.1) is 0 Å². The molecule has 7 N–H and O–H groups in total. The molecule has 2 aromatic heterocycles. The third-order valence-electron chi connectivity index (χ3n) is 4.44. The zero-order chi connectivity index (χ0) is 24.2. The second-order valence-corrected chi connectivity index (χ2v) is 6.87. The van der Waals surface area contributed by atoms with Gasteiger partial charge in [0.2, 0.25) is 5.95 Å². The predicted octanol–water partition coefficient (Wildman–Crippen LogP) is 0.252. The molecule has 3 aromatic rings. The Kier molecular flexibility index (Phi) is 6.46. The zero-order valence-electron chi connectivity index (χ0n) is 16.8. The molecule has 0 radical (unpaired) electrons. The molecular weight excluding hydrogens is 441 g/mol. The van der Waals surface area contributed by atoms with Crippen molar-refractivity contribution in [2.75, 3.05) is 11.1 Å². The van der Waals surface area contributed by atoms with Crippen LogP contribution in [-0.4, -0.2) is 53.8 Å². The fourth-order valence-corrected chi connectivity index (χ4v) is 2.74. The van der Waals surface area contributed by atoms with Crippen molar-refractivity contribution in [3.63, 3.8) is 0 Å². The van der Waals surface area contributed by atoms with E-state index in [2.05, 4.69) is 25.3 Å². The molecular formula is C19H18FN7O6. The van der Waals surface area contributed by atoms with Crippen molar-refractivity contribution < 1.29 is 29.0 Å². The van der Waals surface area contributed by atoms with Crippen LogP contribution in [-0.2, 0) is 16.1 Å². The molecule has 0 aliphatic heterocycles. The molecule has 1 atom stereocenters. The number of aliphatic carboxylic acids is 2. The minimum atomic E-state index is -3.22. The van der Waals surface area contributed by atoms with Crippen LogP contribution in [0.5, 0.6) is 0 Å². The summed E-state index contributed by atoms with van der Waals surface area (Å²) in [6.07, 6.45) is -0.299. The number of rotatable bonds is 9. The van der Waals surface area contributed by atoms with Crippen LogP contribution in [0.25, 0.3) is 11.2 Å². The molecule has 1 unspecified atom stereocenters. The van der Waals surface area contributed by atoms with E-state index in [0.29, 0.717) is 11.4 Å². The number of carboxylic acids is 2. The number of anilines is 2. The molecule has 1 aromatic carbocycles. The second kappa shape index (κ2) is 9.25. The lowest BCUT2D eigenvalue weighted by molar-refractivity contribution is -0.154. The number of halogens is 1. The van der Waals surface area contributed by atoms with Gasteiger partial charge in [-0.05, 0) is 24.3 Å². The van der Waals surface area contributed by atoms with E-state index in [1.807, 2.05) is 0 Å². The SMILES string of the molecule is Nc1nc2ncc(CNc3ccc(C(=O)NC(F)(CCC(=O)O)C(=O)O)cc3)nc2c(=O)[nH]1. The first kappa shape index (κ1) is 23.1. The van der Waals surface area contributed by atoms with Crippen LogP contribution in [0.2, 0.25) is 0 Å². The maximum Gasteiger partial charge on any atom is 0.362 e. The summed E-state index contributed by atoms with van der Waals surface area (Å²) in [4.78, 5) is 60.3. The summed E-state index contributed by atoms with van der Waals surface area (Å²) in [5.41, 5.74) is 5.96. The number of carbonyl (C=O) groups is 3. The Balaban J connectivity index is 1.65. The van der Waals surface area contributed by atoms with Crippen LogP contribution in [0.4, 0.5) is 16.0 Å². The van der Waals surface area contributed by atoms with Gasteiger partial charge in [-0.2, -0.15) is 4.98 Å². The number of carboxylic acid groups (broad SMARTS) is 2. The quantitative estimate of drug-likeness (QED) is 0.239. The monoisotopic (exact) mass is 459 g/mol. The van der Waals surface area contributed by atoms with Gasteiger partial charge < -0.3 is 26.6 Å². The normalized spacial score (nSPS) is 12.6. The van der Waals surface area contributed by atoms with Gasteiger partial charge in [-0.25, -0.2) is 19.2 Å². The topological polar surface area (TPSA) is 213 Å². The summed E-state index contributed by atoms with van der Waals surface area (Å²) in [5, 5.41) is 22.4. The van der Waals surface area contributed by atoms with Crippen LogP contribution in [0.3, 0.4) is 0 Å². The van der Waals surface area contributed by atoms with E-state index in [9.17, 15) is 23.6 Å². The minimum absolute atomic E-state index is 0.0200. The Hall–Kier alpha value is -4.62. The standard InChI is InChI=1S/C19H18FN7O6/c20-19(17(32)33,6-5-12(28)29)27-15(30)9-1-3-10(4-2-9)22-7-11-8-23-14-13(24-11)16(31)26-18(21)25-14/h1-4,8,22H,5-7H2,(H,27,30)(H,28,29)(H,32,33)(H3,21,23,25,26,31). The molecule has 1 amide bonds. The van der Waals surface area contributed by atoms with Gasteiger partial charge >= 0.3 is 11.9 Å². The highest BCUT2D eigenvalue weighted by Crippen LogP contribution is 2.18. The fraction of sp³-hybridized carbons (Fsp3) is 0.211. The molecule has 172 valence electrons. The molecule has 13 nitrogen and oxygen atoms in total. The minimum Gasteiger partial charge on any atom is -0.481 e. The first-order valence-corrected chi connectivity index (χ1v) is 9.39. The number of nitrogens with two attached hydrogens (primary N) is 1. The highest BCUT2D eigenvalue weighted by atomic mass is 19.1. The molecule has 0 aliphatic carbocycles. The molecule has 0 saturated heterocycles. The molecule has 0 bridgehead atoms. The number of alkyl halides is 1. The van der Waals surface area contributed by atoms with Crippen molar-refractivity contribution in [3.05, 3.63) is 52.1 Å². The van der Waals surface area contributed by atoms with E-state index >= 15 is 0 Å². The lowest BCUT2D eigenvalue weighted by Gasteiger charge is -2.21. The van der Waals surface area contributed by atoms with E-state index in [-0.39, 0.29) is 29.2 Å². The number of nitrogen functional groups attached to an aromatic ring is 1. The average molecular weight is 459 g/mol. The van der Waals surface area contributed by atoms with Crippen molar-refractivity contribution in [2.45, 2.75) is 25.2 Å². The number of nitrogens with one attached hydrogen (secondary N) is 3. The maximum absolute atomic E-state index is 14.5. The molecule has 0 spiro atoms. The zero-order valence-corrected chi connectivity index (χ0v) is 16.8. The largest absolute Gasteiger partial charge is 0.481 e. The number of hydrogen-bond acceptors (Lipinski definition) is 9. The number of benzene rings is 1. The van der Waals surface area contributed by atoms with Crippen molar-refractivity contribution in [1.29, 1.82) is 0 Å². The van der Waals surface area contributed by atoms with Crippen LogP contribution in [0.15, 0.2) is 35.3 Å². The number of H-pyrrole nitrogens is 1. The molecule has 14 heteroatoms. The first-order chi connectivity index (χ1) is 15.6. The number of aromatic amines is 1. The lowest BCUT2D eigenvalue weighted by Crippen LogP contribution is -2.51. The first-order valence-electron chi connectivity index (χ1n) is 9.39. The van der Waals surface area contributed by atoms with Gasteiger partial charge in [0.25, 0.3) is 17.3 Å². The van der Waals surface area contributed by atoms with Crippen molar-refractivity contribution >= 4 is 40.6 Å². The summed E-state index contributed by atoms with van der Waals surface area (Å²) in [5.74, 6) is -7.72. The number of amides is 1. The Bertz CT molecular complexity index is 1280. The predicted molar refractivity (Wildman–Crippen MR) is 112 cm³/mol. The summed E-state index contributed by atoms with van der Waals surface area (Å²) in [6.45, 7) is 0.167. The summed E-state index contributed by atoms with van der Waals surface area (Å²) in [6, 6.07) is 5.61. The van der Waals surface area contributed by atoms with Crippen LogP contribution in [0.1, 0.15) is 28.9 Å². The Morgan fingerprint density at radius 2 is 1.85 bits per heavy atom. The Labute approximate surface area is 183 Å². The summed E-state index contributed by atoms with van der Waals surface area (Å²) >= 11 is 0. The highest BCUT2D eigenvalue weighted by Gasteiger charge is 2.40. The Morgan fingerprint density at radius 3 is 2.48 bits per heavy atom. The highest BCUT2D eigenvalue weighted by molar-refractivity contribution is 5.97. The summed E-state index contributed by atoms with van der Waals surface area (Å²) in [7, 11) is 0. The van der Waals surface area contributed by atoms with Gasteiger partial charge in [-0.3, -0.25) is 19.4 Å². The smallest absolute Gasteiger partial charge is 0.362 e. The van der Waals surface area contributed by atoms with Crippen molar-refractivity contribution in [3.8, 4) is 0 Å².